The van der Waals surface area contributed by atoms with Crippen LogP contribution in [0.2, 0.25) is 0 Å². The van der Waals surface area contributed by atoms with Crippen molar-refractivity contribution in [2.24, 2.45) is 0 Å². The molecular weight excluding hydrogens is 314 g/mol. The Balaban J connectivity index is 4.31. The van der Waals surface area contributed by atoms with E-state index < -0.39 is 42.0 Å². The summed E-state index contributed by atoms with van der Waals surface area (Å²) in [6, 6.07) is 0. The highest BCUT2D eigenvalue weighted by molar-refractivity contribution is 5.73. The summed E-state index contributed by atoms with van der Waals surface area (Å²) in [7, 11) is 0. The van der Waals surface area contributed by atoms with Crippen molar-refractivity contribution < 1.29 is 34.2 Å². The molecule has 0 atom stereocenters. The van der Waals surface area contributed by atoms with Crippen molar-refractivity contribution in [3.63, 3.8) is 0 Å². The van der Waals surface area contributed by atoms with Gasteiger partial charge in [0.05, 0.1) is 6.54 Å². The molecule has 0 aromatic carbocycles. The molecule has 7 nitrogen and oxygen atoms in total. The fraction of sp³-hybridized carbons (Fsp3) is 0.824. The van der Waals surface area contributed by atoms with Crippen molar-refractivity contribution in [2.45, 2.75) is 64.7 Å². The molecule has 0 rings (SSSR count). The minimum atomic E-state index is -1.17. The summed E-state index contributed by atoms with van der Waals surface area (Å²) < 4.78 is -0.434. The molecule has 3 N–H and O–H groups in total. The molecule has 0 fully saturated rings. The maximum absolute atomic E-state index is 11.0. The van der Waals surface area contributed by atoms with Gasteiger partial charge in [0.15, 0.2) is 19.6 Å². The highest BCUT2D eigenvalue weighted by atomic mass is 16.4. The molecule has 7 heteroatoms. The van der Waals surface area contributed by atoms with Crippen LogP contribution in [0.3, 0.4) is 0 Å². The number of quaternary nitrogens is 1. The molecule has 0 aromatic heterocycles. The Kier molecular flexibility index (Phi) is 11.9. The Morgan fingerprint density at radius 3 is 1.29 bits per heavy atom. The van der Waals surface area contributed by atoms with E-state index in [0.29, 0.717) is 6.42 Å². The van der Waals surface area contributed by atoms with E-state index in [-0.39, 0.29) is 6.54 Å². The van der Waals surface area contributed by atoms with Gasteiger partial charge in [-0.2, -0.15) is 0 Å². The molecule has 0 saturated heterocycles. The van der Waals surface area contributed by atoms with Crippen LogP contribution in [-0.2, 0) is 14.4 Å². The lowest BCUT2D eigenvalue weighted by Crippen LogP contribution is -2.57. The largest absolute Gasteiger partial charge is 0.477 e. The van der Waals surface area contributed by atoms with Gasteiger partial charge in [-0.05, 0) is 12.8 Å². The number of rotatable bonds is 16. The second-order valence-electron chi connectivity index (χ2n) is 6.55. The highest BCUT2D eigenvalue weighted by Crippen LogP contribution is 2.14. The lowest BCUT2D eigenvalue weighted by Gasteiger charge is -2.34. The third-order valence-corrected chi connectivity index (χ3v) is 4.15. The van der Waals surface area contributed by atoms with Crippen LogP contribution in [0.5, 0.6) is 0 Å². The standard InChI is InChI=1S/C17H31NO6/c1-2-3-4-5-6-7-8-9-10-11-18(12-15(19)20,13-16(21)22)14-17(23)24/h2-14H2,1H3,(H2-,19,20,21,22,23,24)/p+1. The van der Waals surface area contributed by atoms with Crippen LogP contribution in [0.15, 0.2) is 0 Å². The first kappa shape index (κ1) is 22.4. The van der Waals surface area contributed by atoms with Crippen molar-refractivity contribution in [1.82, 2.24) is 0 Å². The summed E-state index contributed by atoms with van der Waals surface area (Å²) in [5.41, 5.74) is 0. The van der Waals surface area contributed by atoms with Crippen LogP contribution in [-0.4, -0.2) is 63.9 Å². The molecular formula is C17H32NO6+. The summed E-state index contributed by atoms with van der Waals surface area (Å²) in [6.45, 7) is 1.01. The van der Waals surface area contributed by atoms with Gasteiger partial charge in [-0.15, -0.1) is 0 Å². The Hall–Kier alpha value is -1.63. The quantitative estimate of drug-likeness (QED) is 0.292. The minimum absolute atomic E-state index is 0.265. The van der Waals surface area contributed by atoms with Crippen molar-refractivity contribution >= 4 is 17.9 Å². The molecule has 0 aliphatic heterocycles. The van der Waals surface area contributed by atoms with E-state index in [0.717, 1.165) is 19.3 Å². The minimum Gasteiger partial charge on any atom is -0.477 e. The van der Waals surface area contributed by atoms with Gasteiger partial charge in [0.25, 0.3) is 0 Å². The number of unbranched alkanes of at least 4 members (excludes halogenated alkanes) is 8. The average Bonchev–Trinajstić information content (AvgIpc) is 2.43. The number of hydrogen-bond donors (Lipinski definition) is 3. The molecule has 0 aliphatic carbocycles. The van der Waals surface area contributed by atoms with Gasteiger partial charge >= 0.3 is 17.9 Å². The molecule has 0 heterocycles. The van der Waals surface area contributed by atoms with E-state index in [1.165, 1.54) is 32.1 Å². The molecule has 0 saturated carbocycles. The van der Waals surface area contributed by atoms with Crippen LogP contribution in [0, 0.1) is 0 Å². The summed E-state index contributed by atoms with van der Waals surface area (Å²) in [5.74, 6) is -3.52. The first-order valence-corrected chi connectivity index (χ1v) is 8.82. The predicted octanol–water partition coefficient (Wildman–Crippen LogP) is 2.59. The normalized spacial score (nSPS) is 11.4. The summed E-state index contributed by atoms with van der Waals surface area (Å²) in [6.07, 6.45) is 9.78. The molecule has 0 radical (unpaired) electrons. The summed E-state index contributed by atoms with van der Waals surface area (Å²) in [4.78, 5) is 33.1. The van der Waals surface area contributed by atoms with Crippen molar-refractivity contribution in [3.05, 3.63) is 0 Å². The van der Waals surface area contributed by atoms with E-state index in [2.05, 4.69) is 6.92 Å². The highest BCUT2D eigenvalue weighted by Gasteiger charge is 2.35. The van der Waals surface area contributed by atoms with Gasteiger partial charge in [0, 0.05) is 0 Å². The van der Waals surface area contributed by atoms with Crippen molar-refractivity contribution in [2.75, 3.05) is 26.2 Å². The van der Waals surface area contributed by atoms with Gasteiger partial charge in [-0.1, -0.05) is 51.9 Å². The molecule has 24 heavy (non-hydrogen) atoms. The molecule has 0 aliphatic rings. The predicted molar refractivity (Wildman–Crippen MR) is 89.9 cm³/mol. The van der Waals surface area contributed by atoms with Gasteiger partial charge in [-0.25, -0.2) is 14.4 Å². The summed E-state index contributed by atoms with van der Waals surface area (Å²) >= 11 is 0. The van der Waals surface area contributed by atoms with Crippen molar-refractivity contribution in [1.29, 1.82) is 0 Å². The zero-order valence-electron chi connectivity index (χ0n) is 14.7. The number of carboxylic acid groups (broad SMARTS) is 3. The second kappa shape index (κ2) is 12.8. The lowest BCUT2D eigenvalue weighted by molar-refractivity contribution is -0.907. The van der Waals surface area contributed by atoms with Gasteiger partial charge < -0.3 is 15.3 Å². The third kappa shape index (κ3) is 11.9. The lowest BCUT2D eigenvalue weighted by atomic mass is 10.1. The van der Waals surface area contributed by atoms with E-state index in [1.54, 1.807) is 0 Å². The molecule has 0 amide bonds. The zero-order valence-corrected chi connectivity index (χ0v) is 14.7. The smallest absolute Gasteiger partial charge is 0.359 e. The topological polar surface area (TPSA) is 112 Å². The van der Waals surface area contributed by atoms with Crippen molar-refractivity contribution in [3.8, 4) is 0 Å². The van der Waals surface area contributed by atoms with Crippen LogP contribution >= 0.6 is 0 Å². The van der Waals surface area contributed by atoms with Gasteiger partial charge in [0.1, 0.15) is 0 Å². The third-order valence-electron chi connectivity index (χ3n) is 4.15. The maximum Gasteiger partial charge on any atom is 0.359 e. The van der Waals surface area contributed by atoms with Crippen LogP contribution in [0.25, 0.3) is 0 Å². The van der Waals surface area contributed by atoms with Crippen LogP contribution in [0.4, 0.5) is 0 Å². The van der Waals surface area contributed by atoms with E-state index in [4.69, 9.17) is 15.3 Å². The van der Waals surface area contributed by atoms with E-state index in [9.17, 15) is 14.4 Å². The fourth-order valence-electron chi connectivity index (χ4n) is 3.02. The molecule has 0 unspecified atom stereocenters. The Labute approximate surface area is 143 Å². The maximum atomic E-state index is 11.0. The molecule has 0 aromatic rings. The zero-order chi connectivity index (χ0) is 18.4. The summed E-state index contributed by atoms with van der Waals surface area (Å²) in [5, 5.41) is 27.1. The molecule has 0 bridgehead atoms. The number of aliphatic carboxylic acids is 3. The van der Waals surface area contributed by atoms with Crippen LogP contribution < -0.4 is 0 Å². The van der Waals surface area contributed by atoms with Gasteiger partial charge in [-0.3, -0.25) is 4.48 Å². The number of carbonyl (C=O) groups is 3. The average molecular weight is 346 g/mol. The Bertz CT molecular complexity index is 356. The number of carboxylic acids is 3. The van der Waals surface area contributed by atoms with Crippen LogP contribution in [0.1, 0.15) is 64.7 Å². The number of nitrogens with zero attached hydrogens (tertiary/aromatic N) is 1. The van der Waals surface area contributed by atoms with Gasteiger partial charge in [0.2, 0.25) is 0 Å². The fourth-order valence-corrected chi connectivity index (χ4v) is 3.02. The molecule has 0 spiro atoms. The number of hydrogen-bond acceptors (Lipinski definition) is 3. The second-order valence-corrected chi connectivity index (χ2v) is 6.55. The SMILES string of the molecule is CCCCCCCCCCC[N+](CC(=O)O)(CC(=O)O)CC(=O)O. The van der Waals surface area contributed by atoms with E-state index >= 15 is 0 Å². The first-order chi connectivity index (χ1) is 11.3. The first-order valence-electron chi connectivity index (χ1n) is 8.82. The molecule has 140 valence electrons. The Morgan fingerprint density at radius 2 is 0.958 bits per heavy atom. The monoisotopic (exact) mass is 346 g/mol. The van der Waals surface area contributed by atoms with E-state index in [1.807, 2.05) is 0 Å². The Morgan fingerprint density at radius 1 is 0.625 bits per heavy atom.